The summed E-state index contributed by atoms with van der Waals surface area (Å²) in [5.74, 6) is -3.06. The van der Waals surface area contributed by atoms with E-state index >= 15 is 0 Å². The fraction of sp³-hybridized carbons (Fsp3) is 0.538. The first kappa shape index (κ1) is 49.5. The minimum absolute atomic E-state index is 0.0187. The number of phenols is 1. The summed E-state index contributed by atoms with van der Waals surface area (Å²) in [5.41, 5.74) is 9.49. The highest BCUT2D eigenvalue weighted by molar-refractivity contribution is 5.96. The molecule has 6 heterocycles. The van der Waals surface area contributed by atoms with Crippen LogP contribution in [-0.2, 0) is 57.6 Å². The first-order valence-electron chi connectivity index (χ1n) is 24.3. The molecule has 4 aliphatic rings. The van der Waals surface area contributed by atoms with Crippen LogP contribution in [0.2, 0.25) is 0 Å². The van der Waals surface area contributed by atoms with Gasteiger partial charge < -0.3 is 44.3 Å². The highest BCUT2D eigenvalue weighted by Crippen LogP contribution is 2.42. The fourth-order valence-corrected chi connectivity index (χ4v) is 10.5. The number of aromatic nitrogens is 2. The number of likely N-dealkylation sites (tertiary alicyclic amines) is 1. The number of carbonyl (C=O) groups is 5. The first-order valence-corrected chi connectivity index (χ1v) is 24.3. The van der Waals surface area contributed by atoms with Crippen LogP contribution in [0.1, 0.15) is 77.3 Å². The van der Waals surface area contributed by atoms with Crippen molar-refractivity contribution in [1.82, 2.24) is 40.4 Å². The van der Waals surface area contributed by atoms with Gasteiger partial charge in [-0.05, 0) is 97.7 Å². The number of aryl methyl sites for hydroxylation is 1. The number of esters is 1. The van der Waals surface area contributed by atoms with Gasteiger partial charge in [-0.1, -0.05) is 39.8 Å². The quantitative estimate of drug-likeness (QED) is 0.122. The van der Waals surface area contributed by atoms with Gasteiger partial charge in [0.15, 0.2) is 0 Å². The molecule has 3 fully saturated rings. The van der Waals surface area contributed by atoms with Gasteiger partial charge in [-0.3, -0.25) is 34.0 Å². The van der Waals surface area contributed by atoms with Crippen LogP contribution in [0, 0.1) is 17.3 Å². The number of likely N-dealkylation sites (N-methyl/N-ethyl adjacent to an activating group) is 1. The van der Waals surface area contributed by atoms with Gasteiger partial charge in [0.25, 0.3) is 5.91 Å². The number of methoxy groups -OCH3 is 2. The van der Waals surface area contributed by atoms with E-state index in [1.807, 2.05) is 39.0 Å². The molecule has 8 rings (SSSR count). The minimum Gasteiger partial charge on any atom is -0.508 e. The van der Waals surface area contributed by atoms with Crippen molar-refractivity contribution in [2.45, 2.75) is 110 Å². The Bertz CT molecular complexity index is 2610. The number of amides is 4. The number of pyridine rings is 1. The molecule has 4 aliphatic heterocycles. The second-order valence-corrected chi connectivity index (χ2v) is 20.3. The van der Waals surface area contributed by atoms with E-state index in [9.17, 15) is 29.1 Å². The zero-order chi connectivity index (χ0) is 49.5. The molecule has 2 aromatic heterocycles. The summed E-state index contributed by atoms with van der Waals surface area (Å²) < 4.78 is 19.9. The molecule has 7 atom stereocenters. The number of rotatable bonds is 11. The number of fused-ring (bicyclic) bond motifs is 6. The smallest absolute Gasteiger partial charge is 0.324 e. The number of hydrazine groups is 1. The lowest BCUT2D eigenvalue weighted by Crippen LogP contribution is -2.62. The van der Waals surface area contributed by atoms with E-state index in [2.05, 4.69) is 59.6 Å². The van der Waals surface area contributed by atoms with Crippen LogP contribution in [0.3, 0.4) is 0 Å². The van der Waals surface area contributed by atoms with Crippen LogP contribution in [0.25, 0.3) is 33.3 Å². The van der Waals surface area contributed by atoms with E-state index in [0.29, 0.717) is 43.5 Å². The van der Waals surface area contributed by atoms with Gasteiger partial charge in [0.2, 0.25) is 17.7 Å². The van der Waals surface area contributed by atoms with E-state index < -0.39 is 53.3 Å². The molecule has 4 aromatic rings. The Kier molecular flexibility index (Phi) is 14.5. The molecule has 0 saturated carbocycles. The van der Waals surface area contributed by atoms with Crippen LogP contribution >= 0.6 is 0 Å². The Hall–Kier alpha value is -5.88. The average molecular weight is 949 g/mol. The first-order chi connectivity index (χ1) is 32.9. The SMILES string of the molecule is CCn1c(-c2cccnc2[C@H](C)OC)c2c3cc(ccc31)-c1cc(O)cc(c1)C[C@H](NC(=O)[C@H](C(C)C)N(C)C(=O)[C@@H]1CN(C(=O)[C@H]3CN3)C[C@@H]1OC)C(=O)N1CCC[C@H](N1)C(=O)OCC(C)(C)C2. The lowest BCUT2D eigenvalue weighted by molar-refractivity contribution is -0.155. The molecular formula is C52H68N8O9. The van der Waals surface area contributed by atoms with Crippen LogP contribution in [0.5, 0.6) is 5.75 Å². The molecule has 3 saturated heterocycles. The Morgan fingerprint density at radius 1 is 1.06 bits per heavy atom. The van der Waals surface area contributed by atoms with Gasteiger partial charge >= 0.3 is 5.97 Å². The summed E-state index contributed by atoms with van der Waals surface area (Å²) in [5, 5.41) is 19.8. The lowest BCUT2D eigenvalue weighted by atomic mass is 9.84. The molecule has 17 heteroatoms. The van der Waals surface area contributed by atoms with Crippen molar-refractivity contribution in [3.8, 4) is 28.1 Å². The Morgan fingerprint density at radius 3 is 2.52 bits per heavy atom. The van der Waals surface area contributed by atoms with Crippen LogP contribution in [0.15, 0.2) is 54.7 Å². The molecular weight excluding hydrogens is 881 g/mol. The zero-order valence-corrected chi connectivity index (χ0v) is 41.3. The monoisotopic (exact) mass is 949 g/mol. The largest absolute Gasteiger partial charge is 0.508 e. The van der Waals surface area contributed by atoms with Crippen molar-refractivity contribution in [2.24, 2.45) is 17.3 Å². The topological polar surface area (TPSA) is 207 Å². The highest BCUT2D eigenvalue weighted by atomic mass is 16.5. The number of hydrogen-bond donors (Lipinski definition) is 4. The maximum absolute atomic E-state index is 14.8. The third-order valence-corrected chi connectivity index (χ3v) is 14.2. The standard InChI is InChI=1S/C52H68N8O9/c1-10-59-42-16-15-32-23-36(42)37(46(59)35-13-11-17-53-44(35)30(4)67-8)24-52(5,6)28-69-51(66)39-14-12-18-60(56-39)50(65)40(21-31-19-33(32)22-34(61)20-31)55-47(62)45(29(2)3)57(7)48(63)38-26-58(27-43(38)68-9)49(64)41-25-54-41/h11,13,15-17,19-20,22-23,29-30,38-41,43,45,54,56,61H,10,12,14,18,21,24-28H2,1-9H3,(H,55,62)/t30-,38+,39-,40-,41+,43-,45-/m0/s1. The minimum atomic E-state index is -1.19. The molecule has 0 spiro atoms. The van der Waals surface area contributed by atoms with Gasteiger partial charge in [0, 0.05) is 88.5 Å². The van der Waals surface area contributed by atoms with Crippen molar-refractivity contribution in [3.63, 3.8) is 0 Å². The number of nitrogens with zero attached hydrogens (tertiary/aromatic N) is 5. The predicted octanol–water partition coefficient (Wildman–Crippen LogP) is 4.38. The van der Waals surface area contributed by atoms with Gasteiger partial charge in [-0.2, -0.15) is 0 Å². The molecule has 2 aromatic carbocycles. The number of carbonyl (C=O) groups excluding carboxylic acids is 5. The second-order valence-electron chi connectivity index (χ2n) is 20.3. The van der Waals surface area contributed by atoms with Gasteiger partial charge in [-0.15, -0.1) is 0 Å². The van der Waals surface area contributed by atoms with Crippen molar-refractivity contribution < 1.29 is 43.3 Å². The number of aromatic hydroxyl groups is 1. The van der Waals surface area contributed by atoms with Crippen LogP contribution in [-0.4, -0.2) is 143 Å². The van der Waals surface area contributed by atoms with Gasteiger partial charge in [0.05, 0.1) is 42.2 Å². The zero-order valence-electron chi connectivity index (χ0n) is 41.3. The highest BCUT2D eigenvalue weighted by Gasteiger charge is 2.46. The number of phenolic OH excluding ortho intramolecular Hbond substituents is 1. The Labute approximate surface area is 404 Å². The average Bonchev–Trinajstić information content (AvgIpc) is 4.03. The van der Waals surface area contributed by atoms with E-state index in [1.54, 1.807) is 37.4 Å². The number of benzene rings is 2. The number of nitrogens with one attached hydrogen (secondary N) is 3. The molecule has 0 unspecified atom stereocenters. The summed E-state index contributed by atoms with van der Waals surface area (Å²) in [6.45, 7) is 13.9. The molecule has 6 bridgehead atoms. The maximum atomic E-state index is 14.8. The van der Waals surface area contributed by atoms with Gasteiger partial charge in [0.1, 0.15) is 23.9 Å². The third kappa shape index (κ3) is 10.2. The van der Waals surface area contributed by atoms with Crippen molar-refractivity contribution in [2.75, 3.05) is 54.1 Å². The molecule has 4 amide bonds. The molecule has 17 nitrogen and oxygen atoms in total. The molecule has 69 heavy (non-hydrogen) atoms. The molecule has 0 aliphatic carbocycles. The van der Waals surface area contributed by atoms with Crippen molar-refractivity contribution in [1.29, 1.82) is 0 Å². The van der Waals surface area contributed by atoms with E-state index in [1.165, 1.54) is 17.0 Å². The van der Waals surface area contributed by atoms with E-state index in [0.717, 1.165) is 39.0 Å². The van der Waals surface area contributed by atoms with Crippen molar-refractivity contribution >= 4 is 40.5 Å². The number of ether oxygens (including phenoxy) is 3. The van der Waals surface area contributed by atoms with E-state index in [4.69, 9.17) is 19.2 Å². The fourth-order valence-electron chi connectivity index (χ4n) is 10.5. The van der Waals surface area contributed by atoms with Crippen molar-refractivity contribution in [3.05, 3.63) is 71.5 Å². The van der Waals surface area contributed by atoms with Gasteiger partial charge in [-0.25, -0.2) is 5.43 Å². The second kappa shape index (κ2) is 20.2. The molecule has 4 N–H and O–H groups in total. The Balaban J connectivity index is 1.18. The van der Waals surface area contributed by atoms with Crippen LogP contribution in [0.4, 0.5) is 0 Å². The summed E-state index contributed by atoms with van der Waals surface area (Å²) >= 11 is 0. The van der Waals surface area contributed by atoms with Crippen LogP contribution < -0.4 is 16.1 Å². The number of cyclic esters (lactones) is 1. The molecule has 0 radical (unpaired) electrons. The summed E-state index contributed by atoms with van der Waals surface area (Å²) in [6, 6.07) is 12.2. The van der Waals surface area contributed by atoms with E-state index in [-0.39, 0.29) is 68.3 Å². The summed E-state index contributed by atoms with van der Waals surface area (Å²) in [7, 11) is 4.75. The summed E-state index contributed by atoms with van der Waals surface area (Å²) in [6.07, 6.45) is 2.37. The predicted molar refractivity (Wildman–Crippen MR) is 259 cm³/mol. The molecule has 370 valence electrons. The third-order valence-electron chi connectivity index (χ3n) is 14.2. The summed E-state index contributed by atoms with van der Waals surface area (Å²) in [4.78, 5) is 78.6. The number of hydrogen-bond acceptors (Lipinski definition) is 12. The lowest BCUT2D eigenvalue weighted by Gasteiger charge is -2.37. The Morgan fingerprint density at radius 2 is 1.83 bits per heavy atom. The maximum Gasteiger partial charge on any atom is 0.324 e. The normalized spacial score (nSPS) is 23.6.